The van der Waals surface area contributed by atoms with E-state index in [1.165, 1.54) is 38.5 Å². The molecule has 0 bridgehead atoms. The van der Waals surface area contributed by atoms with Gasteiger partial charge in [-0.1, -0.05) is 12.8 Å². The Hall–Kier alpha value is -1.11. The number of nitriles is 1. The summed E-state index contributed by atoms with van der Waals surface area (Å²) in [4.78, 5) is 12.7. The molecule has 0 aromatic heterocycles. The third-order valence-corrected chi connectivity index (χ3v) is 8.15. The van der Waals surface area contributed by atoms with Crippen LogP contribution in [0.4, 0.5) is 4.39 Å². The van der Waals surface area contributed by atoms with Crippen molar-refractivity contribution < 1.29 is 13.9 Å². The topological polar surface area (TPSA) is 50.1 Å². The van der Waals surface area contributed by atoms with Crippen molar-refractivity contribution >= 4 is 5.97 Å². The van der Waals surface area contributed by atoms with Crippen molar-refractivity contribution in [3.05, 3.63) is 0 Å². The maximum Gasteiger partial charge on any atom is 0.309 e. The molecule has 3 aliphatic rings. The Kier molecular flexibility index (Phi) is 9.28. The number of hydrogen-bond acceptors (Lipinski definition) is 3. The Bertz CT molecular complexity index is 521. The molecule has 3 nitrogen and oxygen atoms in total. The average molecular weight is 406 g/mol. The fraction of sp³-hybridized carbons (Fsp3) is 0.920. The minimum Gasteiger partial charge on any atom is -0.462 e. The van der Waals surface area contributed by atoms with Crippen molar-refractivity contribution in [2.24, 2.45) is 29.6 Å². The largest absolute Gasteiger partial charge is 0.462 e. The first kappa shape index (κ1) is 22.6. The van der Waals surface area contributed by atoms with Gasteiger partial charge in [-0.15, -0.1) is 0 Å². The lowest BCUT2D eigenvalue weighted by molar-refractivity contribution is -0.157. The lowest BCUT2D eigenvalue weighted by Crippen LogP contribution is -2.32. The van der Waals surface area contributed by atoms with Gasteiger partial charge in [0.1, 0.15) is 6.10 Å². The van der Waals surface area contributed by atoms with Crippen LogP contribution in [-0.4, -0.2) is 18.7 Å². The van der Waals surface area contributed by atoms with Crippen molar-refractivity contribution in [1.82, 2.24) is 0 Å². The van der Waals surface area contributed by atoms with E-state index in [9.17, 15) is 9.18 Å². The molecule has 0 N–H and O–H groups in total. The predicted molar refractivity (Wildman–Crippen MR) is 113 cm³/mol. The molecule has 0 saturated heterocycles. The van der Waals surface area contributed by atoms with Crippen molar-refractivity contribution in [3.8, 4) is 6.07 Å². The zero-order valence-corrected chi connectivity index (χ0v) is 18.1. The van der Waals surface area contributed by atoms with Crippen molar-refractivity contribution in [3.63, 3.8) is 0 Å². The summed E-state index contributed by atoms with van der Waals surface area (Å²) < 4.78 is 18.3. The Morgan fingerprint density at radius 3 is 1.97 bits per heavy atom. The molecule has 3 saturated carbocycles. The molecule has 0 spiro atoms. The van der Waals surface area contributed by atoms with Gasteiger partial charge in [0, 0.05) is 6.42 Å². The van der Waals surface area contributed by atoms with Crippen LogP contribution in [-0.2, 0) is 9.53 Å². The van der Waals surface area contributed by atoms with Gasteiger partial charge in [0.05, 0.1) is 18.7 Å². The number of esters is 1. The molecular weight excluding hydrogens is 365 g/mol. The molecule has 3 fully saturated rings. The molecule has 0 atom stereocenters. The van der Waals surface area contributed by atoms with Gasteiger partial charge in [0.2, 0.25) is 0 Å². The molecule has 3 rings (SSSR count). The van der Waals surface area contributed by atoms with Gasteiger partial charge in [-0.05, 0) is 107 Å². The SMILES string of the molecule is N#CCCC1CCC(OC(=O)C2CCC(C3CCC(CCCF)CC3)CC2)CC1. The lowest BCUT2D eigenvalue weighted by Gasteiger charge is -2.37. The van der Waals surface area contributed by atoms with E-state index in [4.69, 9.17) is 10.00 Å². The second-order valence-electron chi connectivity index (χ2n) is 10.0. The fourth-order valence-corrected chi connectivity index (χ4v) is 6.21. The number of alkyl halides is 1. The number of rotatable bonds is 8. The smallest absolute Gasteiger partial charge is 0.309 e. The van der Waals surface area contributed by atoms with Crippen LogP contribution in [0.5, 0.6) is 0 Å². The molecule has 4 heteroatoms. The highest BCUT2D eigenvalue weighted by molar-refractivity contribution is 5.72. The number of carbonyl (C=O) groups excluding carboxylic acids is 1. The number of hydrogen-bond donors (Lipinski definition) is 0. The Balaban J connectivity index is 1.31. The van der Waals surface area contributed by atoms with Gasteiger partial charge in [-0.3, -0.25) is 9.18 Å². The zero-order chi connectivity index (χ0) is 20.5. The van der Waals surface area contributed by atoms with Crippen molar-refractivity contribution in [2.45, 2.75) is 109 Å². The van der Waals surface area contributed by atoms with E-state index < -0.39 is 0 Å². The highest BCUT2D eigenvalue weighted by atomic mass is 19.1. The standard InChI is InChI=1S/C25H40FNO2/c26-17-1-3-19-5-9-21(10-6-19)22-11-13-23(14-12-22)25(28)29-24-15-7-20(8-16-24)4-2-18-27/h19-24H,1-17H2. The first-order chi connectivity index (χ1) is 14.2. The van der Waals surface area contributed by atoms with Crippen LogP contribution in [0.15, 0.2) is 0 Å². The maximum absolute atomic E-state index is 12.7. The molecule has 0 radical (unpaired) electrons. The van der Waals surface area contributed by atoms with E-state index in [0.717, 1.165) is 75.5 Å². The number of nitrogens with zero attached hydrogens (tertiary/aromatic N) is 1. The zero-order valence-electron chi connectivity index (χ0n) is 18.1. The van der Waals surface area contributed by atoms with Crippen molar-refractivity contribution in [1.29, 1.82) is 5.26 Å². The lowest BCUT2D eigenvalue weighted by atomic mass is 9.68. The van der Waals surface area contributed by atoms with Crippen LogP contribution in [0.1, 0.15) is 103 Å². The van der Waals surface area contributed by atoms with E-state index in [0.29, 0.717) is 12.3 Å². The van der Waals surface area contributed by atoms with Gasteiger partial charge < -0.3 is 4.74 Å². The first-order valence-corrected chi connectivity index (χ1v) is 12.3. The van der Waals surface area contributed by atoms with Crippen LogP contribution in [0.3, 0.4) is 0 Å². The fourth-order valence-electron chi connectivity index (χ4n) is 6.21. The Morgan fingerprint density at radius 2 is 1.38 bits per heavy atom. The van der Waals surface area contributed by atoms with Crippen LogP contribution in [0, 0.1) is 40.9 Å². The summed E-state index contributed by atoms with van der Waals surface area (Å²) in [5.74, 6) is 3.19. The summed E-state index contributed by atoms with van der Waals surface area (Å²) >= 11 is 0. The molecule has 0 heterocycles. The highest BCUT2D eigenvalue weighted by Gasteiger charge is 2.34. The van der Waals surface area contributed by atoms with Gasteiger partial charge >= 0.3 is 5.97 Å². The second kappa shape index (κ2) is 11.9. The molecule has 164 valence electrons. The molecule has 0 aromatic carbocycles. The average Bonchev–Trinajstić information content (AvgIpc) is 2.77. The monoisotopic (exact) mass is 405 g/mol. The summed E-state index contributed by atoms with van der Waals surface area (Å²) in [7, 11) is 0. The molecule has 0 unspecified atom stereocenters. The van der Waals surface area contributed by atoms with Gasteiger partial charge in [-0.2, -0.15) is 5.26 Å². The molecule has 3 aliphatic carbocycles. The van der Waals surface area contributed by atoms with E-state index in [1.807, 2.05) is 0 Å². The van der Waals surface area contributed by atoms with E-state index >= 15 is 0 Å². The van der Waals surface area contributed by atoms with Crippen molar-refractivity contribution in [2.75, 3.05) is 6.67 Å². The summed E-state index contributed by atoms with van der Waals surface area (Å²) in [6, 6.07) is 2.24. The molecule has 0 amide bonds. The molecule has 0 aromatic rings. The quantitative estimate of drug-likeness (QED) is 0.419. The normalized spacial score (nSPS) is 35.6. The molecule has 0 aliphatic heterocycles. The second-order valence-corrected chi connectivity index (χ2v) is 10.0. The first-order valence-electron chi connectivity index (χ1n) is 12.3. The van der Waals surface area contributed by atoms with Crippen LogP contribution in [0.25, 0.3) is 0 Å². The minimum absolute atomic E-state index is 0.0545. The number of carbonyl (C=O) groups is 1. The van der Waals surface area contributed by atoms with Crippen LogP contribution < -0.4 is 0 Å². The highest BCUT2D eigenvalue weighted by Crippen LogP contribution is 2.42. The molecule has 29 heavy (non-hydrogen) atoms. The van der Waals surface area contributed by atoms with Crippen LogP contribution in [0.2, 0.25) is 0 Å². The number of halogens is 1. The predicted octanol–water partition coefficient (Wildman–Crippen LogP) is 6.75. The van der Waals surface area contributed by atoms with E-state index in [-0.39, 0.29) is 24.7 Å². The Labute approximate surface area is 176 Å². The van der Waals surface area contributed by atoms with E-state index in [1.54, 1.807) is 0 Å². The number of ether oxygens (including phenoxy) is 1. The Morgan fingerprint density at radius 1 is 0.828 bits per heavy atom. The van der Waals surface area contributed by atoms with Crippen LogP contribution >= 0.6 is 0 Å². The third kappa shape index (κ3) is 6.97. The minimum atomic E-state index is -0.164. The molecular formula is C25H40FNO2. The summed E-state index contributed by atoms with van der Waals surface area (Å²) in [6.07, 6.45) is 17.3. The summed E-state index contributed by atoms with van der Waals surface area (Å²) in [6.45, 7) is -0.164. The van der Waals surface area contributed by atoms with E-state index in [2.05, 4.69) is 6.07 Å². The summed E-state index contributed by atoms with van der Waals surface area (Å²) in [5.41, 5.74) is 0. The van der Waals surface area contributed by atoms with Gasteiger partial charge in [0.25, 0.3) is 0 Å². The van der Waals surface area contributed by atoms with Gasteiger partial charge in [-0.25, -0.2) is 0 Å². The summed E-state index contributed by atoms with van der Waals surface area (Å²) in [5, 5.41) is 8.72. The van der Waals surface area contributed by atoms with Gasteiger partial charge in [0.15, 0.2) is 0 Å². The maximum atomic E-state index is 12.7. The third-order valence-electron chi connectivity index (χ3n) is 8.15.